The summed E-state index contributed by atoms with van der Waals surface area (Å²) in [5.74, 6) is 2.54. The Kier molecular flexibility index (Phi) is 4.95. The Labute approximate surface area is 153 Å². The van der Waals surface area contributed by atoms with Crippen LogP contribution in [0.3, 0.4) is 0 Å². The molecule has 2 aliphatic heterocycles. The van der Waals surface area contributed by atoms with Gasteiger partial charge in [-0.3, -0.25) is 0 Å². The molecule has 5 nitrogen and oxygen atoms in total. The van der Waals surface area contributed by atoms with E-state index in [0.29, 0.717) is 38.1 Å². The lowest BCUT2D eigenvalue weighted by molar-refractivity contribution is 0.203. The average Bonchev–Trinajstić information content (AvgIpc) is 2.70. The summed E-state index contributed by atoms with van der Waals surface area (Å²) in [6.07, 6.45) is 1.87. The minimum atomic E-state index is -0.122. The second-order valence-electron chi connectivity index (χ2n) is 7.07. The molecule has 5 heteroatoms. The molecular weight excluding hydrogens is 328 g/mol. The number of amides is 2. The predicted octanol–water partition coefficient (Wildman–Crippen LogP) is 2.79. The number of ether oxygens (including phenoxy) is 2. The van der Waals surface area contributed by atoms with Crippen LogP contribution >= 0.6 is 0 Å². The largest absolute Gasteiger partial charge is 0.493 e. The van der Waals surface area contributed by atoms with E-state index in [1.807, 2.05) is 36.4 Å². The van der Waals surface area contributed by atoms with Crippen molar-refractivity contribution in [1.82, 2.24) is 10.6 Å². The third-order valence-electron chi connectivity index (χ3n) is 5.01. The van der Waals surface area contributed by atoms with Gasteiger partial charge in [0.2, 0.25) is 0 Å². The fraction of sp³-hybridized carbons (Fsp3) is 0.381. The predicted molar refractivity (Wildman–Crippen MR) is 99.7 cm³/mol. The van der Waals surface area contributed by atoms with Crippen LogP contribution in [0.1, 0.15) is 11.1 Å². The quantitative estimate of drug-likeness (QED) is 0.890. The maximum absolute atomic E-state index is 12.1. The van der Waals surface area contributed by atoms with Gasteiger partial charge in [0.15, 0.2) is 0 Å². The molecule has 0 saturated heterocycles. The van der Waals surface area contributed by atoms with Crippen molar-refractivity contribution in [2.45, 2.75) is 12.8 Å². The first-order valence-electron chi connectivity index (χ1n) is 9.21. The van der Waals surface area contributed by atoms with Gasteiger partial charge in [0.05, 0.1) is 13.2 Å². The molecule has 4 rings (SSSR count). The minimum absolute atomic E-state index is 0.122. The molecule has 0 spiro atoms. The smallest absolute Gasteiger partial charge is 0.314 e. The van der Waals surface area contributed by atoms with Crippen LogP contribution in [0.5, 0.6) is 11.5 Å². The highest BCUT2D eigenvalue weighted by Gasteiger charge is 2.22. The summed E-state index contributed by atoms with van der Waals surface area (Å²) in [6, 6.07) is 16.1. The molecule has 0 aliphatic carbocycles. The van der Waals surface area contributed by atoms with Gasteiger partial charge in [-0.05, 0) is 36.1 Å². The van der Waals surface area contributed by atoms with Crippen LogP contribution in [0.15, 0.2) is 48.5 Å². The number of hydrogen-bond acceptors (Lipinski definition) is 3. The van der Waals surface area contributed by atoms with E-state index in [2.05, 4.69) is 22.8 Å². The second-order valence-corrected chi connectivity index (χ2v) is 7.07. The standard InChI is InChI=1S/C21H24N2O3/c24-21(22-11-15-9-17-5-1-3-7-19(17)25-13-15)23-12-16-10-18-6-2-4-8-20(18)26-14-16/h1-8,15-16H,9-14H2,(H2,22,23,24)/t15-,16+. The van der Waals surface area contributed by atoms with Gasteiger partial charge in [-0.25, -0.2) is 4.79 Å². The van der Waals surface area contributed by atoms with Crippen molar-refractivity contribution in [3.05, 3.63) is 59.7 Å². The third kappa shape index (κ3) is 3.93. The van der Waals surface area contributed by atoms with Crippen molar-refractivity contribution >= 4 is 6.03 Å². The Morgan fingerprint density at radius 3 is 1.77 bits per heavy atom. The number of carbonyl (C=O) groups excluding carboxylic acids is 1. The van der Waals surface area contributed by atoms with E-state index in [1.54, 1.807) is 0 Å². The Morgan fingerprint density at radius 1 is 0.808 bits per heavy atom. The Balaban J connectivity index is 1.20. The fourth-order valence-corrected chi connectivity index (χ4v) is 3.58. The summed E-state index contributed by atoms with van der Waals surface area (Å²) >= 11 is 0. The number of carbonyl (C=O) groups is 1. The second kappa shape index (κ2) is 7.68. The van der Waals surface area contributed by atoms with Crippen molar-refractivity contribution < 1.29 is 14.3 Å². The molecular formula is C21H24N2O3. The molecule has 0 saturated carbocycles. The van der Waals surface area contributed by atoms with Gasteiger partial charge < -0.3 is 20.1 Å². The molecule has 136 valence electrons. The molecule has 2 aliphatic rings. The van der Waals surface area contributed by atoms with Crippen LogP contribution in [0.25, 0.3) is 0 Å². The molecule has 0 aromatic heterocycles. The normalized spacial score (nSPS) is 20.8. The lowest BCUT2D eigenvalue weighted by Crippen LogP contribution is -2.43. The van der Waals surface area contributed by atoms with E-state index in [4.69, 9.17) is 9.47 Å². The van der Waals surface area contributed by atoms with Crippen molar-refractivity contribution in [1.29, 1.82) is 0 Å². The maximum Gasteiger partial charge on any atom is 0.314 e. The van der Waals surface area contributed by atoms with Crippen LogP contribution in [-0.4, -0.2) is 32.3 Å². The molecule has 2 N–H and O–H groups in total. The Hall–Kier alpha value is -2.69. The SMILES string of the molecule is O=C(NC[C@@H]1COc2ccccc2C1)NC[C@H]1COc2ccccc2C1. The number of nitrogens with one attached hydrogen (secondary N) is 2. The monoisotopic (exact) mass is 352 g/mol. The van der Waals surface area contributed by atoms with Crippen LogP contribution in [0.4, 0.5) is 4.79 Å². The van der Waals surface area contributed by atoms with E-state index in [-0.39, 0.29) is 6.03 Å². The first-order valence-corrected chi connectivity index (χ1v) is 9.21. The highest BCUT2D eigenvalue weighted by molar-refractivity contribution is 5.73. The van der Waals surface area contributed by atoms with Crippen molar-refractivity contribution in [2.75, 3.05) is 26.3 Å². The number of hydrogen-bond donors (Lipinski definition) is 2. The molecule has 0 unspecified atom stereocenters. The molecule has 2 aromatic carbocycles. The topological polar surface area (TPSA) is 59.6 Å². The van der Waals surface area contributed by atoms with Crippen LogP contribution in [0, 0.1) is 11.8 Å². The van der Waals surface area contributed by atoms with E-state index < -0.39 is 0 Å². The van der Waals surface area contributed by atoms with Crippen LogP contribution in [-0.2, 0) is 12.8 Å². The molecule has 0 bridgehead atoms. The summed E-state index contributed by atoms with van der Waals surface area (Å²) in [5.41, 5.74) is 2.42. The summed E-state index contributed by atoms with van der Waals surface area (Å²) in [4.78, 5) is 12.1. The number of urea groups is 1. The summed E-state index contributed by atoms with van der Waals surface area (Å²) in [7, 11) is 0. The van der Waals surface area contributed by atoms with E-state index in [9.17, 15) is 4.79 Å². The molecule has 2 amide bonds. The first-order chi connectivity index (χ1) is 12.8. The third-order valence-corrected chi connectivity index (χ3v) is 5.01. The molecule has 0 fully saturated rings. The van der Waals surface area contributed by atoms with Gasteiger partial charge in [0.1, 0.15) is 11.5 Å². The first kappa shape index (κ1) is 16.8. The summed E-state index contributed by atoms with van der Waals surface area (Å²) in [5, 5.41) is 5.94. The highest BCUT2D eigenvalue weighted by Crippen LogP contribution is 2.27. The molecule has 26 heavy (non-hydrogen) atoms. The lowest BCUT2D eigenvalue weighted by atomic mass is 9.96. The zero-order chi connectivity index (χ0) is 17.8. The number of benzene rings is 2. The number of fused-ring (bicyclic) bond motifs is 2. The zero-order valence-electron chi connectivity index (χ0n) is 14.7. The maximum atomic E-state index is 12.1. The lowest BCUT2D eigenvalue weighted by Gasteiger charge is -2.26. The van der Waals surface area contributed by atoms with Crippen molar-refractivity contribution in [3.63, 3.8) is 0 Å². The summed E-state index contributed by atoms with van der Waals surface area (Å²) < 4.78 is 11.5. The zero-order valence-corrected chi connectivity index (χ0v) is 14.7. The average molecular weight is 352 g/mol. The fourth-order valence-electron chi connectivity index (χ4n) is 3.58. The van der Waals surface area contributed by atoms with Crippen LogP contribution < -0.4 is 20.1 Å². The van der Waals surface area contributed by atoms with Gasteiger partial charge >= 0.3 is 6.03 Å². The van der Waals surface area contributed by atoms with Gasteiger partial charge in [-0.2, -0.15) is 0 Å². The molecule has 2 heterocycles. The summed E-state index contributed by atoms with van der Waals surface area (Å²) in [6.45, 7) is 2.52. The van der Waals surface area contributed by atoms with Crippen molar-refractivity contribution in [2.24, 2.45) is 11.8 Å². The van der Waals surface area contributed by atoms with Gasteiger partial charge in [0.25, 0.3) is 0 Å². The minimum Gasteiger partial charge on any atom is -0.493 e. The van der Waals surface area contributed by atoms with Gasteiger partial charge in [0, 0.05) is 24.9 Å². The van der Waals surface area contributed by atoms with E-state index in [0.717, 1.165) is 24.3 Å². The molecule has 0 radical (unpaired) electrons. The Morgan fingerprint density at radius 2 is 1.27 bits per heavy atom. The highest BCUT2D eigenvalue weighted by atomic mass is 16.5. The van der Waals surface area contributed by atoms with E-state index >= 15 is 0 Å². The van der Waals surface area contributed by atoms with Gasteiger partial charge in [-0.1, -0.05) is 36.4 Å². The van der Waals surface area contributed by atoms with Gasteiger partial charge in [-0.15, -0.1) is 0 Å². The molecule has 2 aromatic rings. The Bertz CT molecular complexity index is 714. The molecule has 2 atom stereocenters. The number of para-hydroxylation sites is 2. The van der Waals surface area contributed by atoms with E-state index in [1.165, 1.54) is 11.1 Å². The number of rotatable bonds is 4. The van der Waals surface area contributed by atoms with Crippen molar-refractivity contribution in [3.8, 4) is 11.5 Å². The van der Waals surface area contributed by atoms with Crippen LogP contribution in [0.2, 0.25) is 0 Å².